The van der Waals surface area contributed by atoms with Gasteiger partial charge in [0.1, 0.15) is 17.6 Å². The first kappa shape index (κ1) is 23.3. The van der Waals surface area contributed by atoms with Gasteiger partial charge in [0, 0.05) is 31.4 Å². The summed E-state index contributed by atoms with van der Waals surface area (Å²) in [6.07, 6.45) is 5.35. The first-order valence-corrected chi connectivity index (χ1v) is 12.5. The van der Waals surface area contributed by atoms with Crippen molar-refractivity contribution in [2.75, 3.05) is 24.6 Å². The third-order valence-electron chi connectivity index (χ3n) is 7.04. The van der Waals surface area contributed by atoms with Crippen LogP contribution in [0.5, 0.6) is 11.5 Å². The van der Waals surface area contributed by atoms with E-state index >= 15 is 0 Å². The van der Waals surface area contributed by atoms with E-state index in [1.54, 1.807) is 10.9 Å². The molecule has 7 nitrogen and oxygen atoms in total. The van der Waals surface area contributed by atoms with E-state index < -0.39 is 0 Å². The molecule has 2 fully saturated rings. The van der Waals surface area contributed by atoms with Gasteiger partial charge in [-0.25, -0.2) is 0 Å². The standard InChI is InChI=1S/C28H34N4O3/c1-19(30-28(33)27-16-29-31(3)20(27)2)22-6-10-25(11-7-22)35-26-14-15-32(17-26)23-8-12-24(13-9-23)34-18-21-4-5-21/h6-13,16,19,21,26H,4-5,14-15,17-18H2,1-3H3,(H,30,33)/t19-,26+/m0/s1. The summed E-state index contributed by atoms with van der Waals surface area (Å²) in [6.45, 7) is 6.55. The Hall–Kier alpha value is -3.48. The molecule has 3 aromatic rings. The Morgan fingerprint density at radius 3 is 2.46 bits per heavy atom. The highest BCUT2D eigenvalue weighted by Gasteiger charge is 2.25. The quantitative estimate of drug-likeness (QED) is 0.488. The number of ether oxygens (including phenoxy) is 2. The Morgan fingerprint density at radius 1 is 1.09 bits per heavy atom. The number of nitrogens with one attached hydrogen (secondary N) is 1. The maximum absolute atomic E-state index is 12.6. The molecule has 2 atom stereocenters. The fourth-order valence-electron chi connectivity index (χ4n) is 4.42. The number of hydrogen-bond acceptors (Lipinski definition) is 5. The van der Waals surface area contributed by atoms with Crippen molar-refractivity contribution in [3.63, 3.8) is 0 Å². The molecule has 2 heterocycles. The smallest absolute Gasteiger partial charge is 0.255 e. The van der Waals surface area contributed by atoms with Gasteiger partial charge in [-0.05, 0) is 74.6 Å². The minimum atomic E-state index is -0.116. The number of benzene rings is 2. The van der Waals surface area contributed by atoms with Gasteiger partial charge < -0.3 is 19.7 Å². The van der Waals surface area contributed by atoms with Crippen LogP contribution in [0.4, 0.5) is 5.69 Å². The van der Waals surface area contributed by atoms with Crippen LogP contribution in [0.25, 0.3) is 0 Å². The predicted molar refractivity (Wildman–Crippen MR) is 136 cm³/mol. The van der Waals surface area contributed by atoms with Gasteiger partial charge in [0.05, 0.1) is 31.0 Å². The number of nitrogens with zero attached hydrogens (tertiary/aromatic N) is 3. The average Bonchev–Trinajstić information content (AvgIpc) is 3.49. The van der Waals surface area contributed by atoms with Crippen LogP contribution in [0.1, 0.15) is 53.8 Å². The van der Waals surface area contributed by atoms with Crippen molar-refractivity contribution < 1.29 is 14.3 Å². The number of amides is 1. The number of aryl methyl sites for hydroxylation is 1. The summed E-state index contributed by atoms with van der Waals surface area (Å²) < 4.78 is 13.8. The van der Waals surface area contributed by atoms with E-state index in [2.05, 4.69) is 39.6 Å². The maximum Gasteiger partial charge on any atom is 0.255 e. The molecule has 35 heavy (non-hydrogen) atoms. The first-order valence-electron chi connectivity index (χ1n) is 12.5. The summed E-state index contributed by atoms with van der Waals surface area (Å²) in [4.78, 5) is 15.0. The lowest BCUT2D eigenvalue weighted by atomic mass is 10.1. The summed E-state index contributed by atoms with van der Waals surface area (Å²) in [6, 6.07) is 16.3. The van der Waals surface area contributed by atoms with Gasteiger partial charge in [-0.1, -0.05) is 12.1 Å². The van der Waals surface area contributed by atoms with Crippen LogP contribution in [0.15, 0.2) is 54.7 Å². The number of anilines is 1. The van der Waals surface area contributed by atoms with Crippen LogP contribution in [0.3, 0.4) is 0 Å². The fourth-order valence-corrected chi connectivity index (χ4v) is 4.42. The van der Waals surface area contributed by atoms with Gasteiger partial charge in [0.25, 0.3) is 5.91 Å². The molecule has 1 amide bonds. The molecule has 1 saturated carbocycles. The molecule has 2 aliphatic rings. The zero-order valence-corrected chi connectivity index (χ0v) is 20.7. The third kappa shape index (κ3) is 5.61. The Kier molecular flexibility index (Phi) is 6.66. The number of carbonyl (C=O) groups is 1. The average molecular weight is 475 g/mol. The van der Waals surface area contributed by atoms with Crippen LogP contribution < -0.4 is 19.7 Å². The van der Waals surface area contributed by atoms with Crippen LogP contribution >= 0.6 is 0 Å². The number of aromatic nitrogens is 2. The number of hydrogen-bond donors (Lipinski definition) is 1. The highest BCUT2D eigenvalue weighted by atomic mass is 16.5. The van der Waals surface area contributed by atoms with Crippen LogP contribution in [-0.2, 0) is 7.05 Å². The second-order valence-electron chi connectivity index (χ2n) is 9.75. The van der Waals surface area contributed by atoms with Gasteiger partial charge in [0.15, 0.2) is 0 Å². The Labute approximate surface area is 207 Å². The van der Waals surface area contributed by atoms with E-state index in [1.165, 1.54) is 18.5 Å². The van der Waals surface area contributed by atoms with Gasteiger partial charge in [0.2, 0.25) is 0 Å². The topological polar surface area (TPSA) is 68.6 Å². The molecule has 1 N–H and O–H groups in total. The van der Waals surface area contributed by atoms with Crippen molar-refractivity contribution in [2.24, 2.45) is 13.0 Å². The van der Waals surface area contributed by atoms with Crippen molar-refractivity contribution in [1.82, 2.24) is 15.1 Å². The van der Waals surface area contributed by atoms with E-state index in [-0.39, 0.29) is 18.1 Å². The first-order chi connectivity index (χ1) is 17.0. The molecule has 5 rings (SSSR count). The van der Waals surface area contributed by atoms with Crippen molar-refractivity contribution in [3.8, 4) is 11.5 Å². The third-order valence-corrected chi connectivity index (χ3v) is 7.04. The van der Waals surface area contributed by atoms with Crippen molar-refractivity contribution >= 4 is 11.6 Å². The molecular weight excluding hydrogens is 440 g/mol. The Bertz CT molecular complexity index is 1150. The number of rotatable bonds is 9. The Morgan fingerprint density at radius 2 is 1.80 bits per heavy atom. The predicted octanol–water partition coefficient (Wildman–Crippen LogP) is 4.67. The summed E-state index contributed by atoms with van der Waals surface area (Å²) in [7, 11) is 1.83. The molecule has 2 aromatic carbocycles. The number of carbonyl (C=O) groups excluding carboxylic acids is 1. The molecule has 0 unspecified atom stereocenters. The maximum atomic E-state index is 12.6. The Balaban J connectivity index is 1.11. The highest BCUT2D eigenvalue weighted by Crippen LogP contribution is 2.30. The van der Waals surface area contributed by atoms with Crippen molar-refractivity contribution in [1.29, 1.82) is 0 Å². The van der Waals surface area contributed by atoms with Crippen molar-refractivity contribution in [3.05, 3.63) is 71.5 Å². The SMILES string of the molecule is Cc1c(C(=O)N[C@@H](C)c2ccc(O[C@@H]3CCN(c4ccc(OCC5CC5)cc4)C3)cc2)cnn1C. The molecule has 0 radical (unpaired) electrons. The fraction of sp³-hybridized carbons (Fsp3) is 0.429. The van der Waals surface area contributed by atoms with E-state index in [0.29, 0.717) is 5.56 Å². The van der Waals surface area contributed by atoms with E-state index in [9.17, 15) is 4.79 Å². The molecule has 1 aliphatic carbocycles. The lowest BCUT2D eigenvalue weighted by Gasteiger charge is -2.20. The van der Waals surface area contributed by atoms with Crippen LogP contribution in [0, 0.1) is 12.8 Å². The second kappa shape index (κ2) is 10.0. The van der Waals surface area contributed by atoms with Crippen LogP contribution in [0.2, 0.25) is 0 Å². The van der Waals surface area contributed by atoms with Gasteiger partial charge >= 0.3 is 0 Å². The molecule has 1 aliphatic heterocycles. The largest absolute Gasteiger partial charge is 0.493 e. The van der Waals surface area contributed by atoms with E-state index in [0.717, 1.165) is 54.8 Å². The summed E-state index contributed by atoms with van der Waals surface area (Å²) in [5, 5.41) is 7.21. The molecule has 1 aromatic heterocycles. The summed E-state index contributed by atoms with van der Waals surface area (Å²) >= 11 is 0. The minimum absolute atomic E-state index is 0.114. The molecule has 0 spiro atoms. The monoisotopic (exact) mass is 474 g/mol. The zero-order chi connectivity index (χ0) is 24.4. The highest BCUT2D eigenvalue weighted by molar-refractivity contribution is 5.95. The second-order valence-corrected chi connectivity index (χ2v) is 9.75. The molecule has 0 bridgehead atoms. The molecule has 184 valence electrons. The lowest BCUT2D eigenvalue weighted by molar-refractivity contribution is 0.0939. The zero-order valence-electron chi connectivity index (χ0n) is 20.7. The van der Waals surface area contributed by atoms with E-state index in [4.69, 9.17) is 9.47 Å². The normalized spacial score (nSPS) is 18.4. The van der Waals surface area contributed by atoms with Gasteiger partial charge in [-0.15, -0.1) is 0 Å². The summed E-state index contributed by atoms with van der Waals surface area (Å²) in [5.41, 5.74) is 3.69. The lowest BCUT2D eigenvalue weighted by Crippen LogP contribution is -2.27. The minimum Gasteiger partial charge on any atom is -0.493 e. The summed E-state index contributed by atoms with van der Waals surface area (Å²) in [5.74, 6) is 2.45. The molecule has 7 heteroatoms. The van der Waals surface area contributed by atoms with Crippen LogP contribution in [-0.4, -0.2) is 41.5 Å². The molecule has 1 saturated heterocycles. The van der Waals surface area contributed by atoms with Gasteiger partial charge in [-0.3, -0.25) is 9.48 Å². The van der Waals surface area contributed by atoms with Crippen molar-refractivity contribution in [2.45, 2.75) is 45.3 Å². The molecular formula is C28H34N4O3. The van der Waals surface area contributed by atoms with E-state index in [1.807, 2.05) is 45.2 Å². The van der Waals surface area contributed by atoms with Gasteiger partial charge in [-0.2, -0.15) is 5.10 Å².